The van der Waals surface area contributed by atoms with Crippen LogP contribution in [0.15, 0.2) is 42.5 Å². The molecule has 0 unspecified atom stereocenters. The monoisotopic (exact) mass is 314 g/mol. The second-order valence-corrected chi connectivity index (χ2v) is 5.31. The molecule has 0 aromatic heterocycles. The molecule has 0 saturated carbocycles. The fourth-order valence-corrected chi connectivity index (χ4v) is 2.23. The lowest BCUT2D eigenvalue weighted by Crippen LogP contribution is -2.19. The molecule has 0 atom stereocenters. The summed E-state index contributed by atoms with van der Waals surface area (Å²) in [4.78, 5) is 11.4. The van der Waals surface area contributed by atoms with Gasteiger partial charge in [0.1, 0.15) is 5.75 Å². The Balaban J connectivity index is 2.07. The van der Waals surface area contributed by atoms with E-state index < -0.39 is 0 Å². The molecule has 2 aromatic rings. The van der Waals surface area contributed by atoms with Gasteiger partial charge in [-0.1, -0.05) is 12.1 Å². The number of aryl methyl sites for hydroxylation is 1. The van der Waals surface area contributed by atoms with Gasteiger partial charge < -0.3 is 15.4 Å². The minimum Gasteiger partial charge on any atom is -0.497 e. The summed E-state index contributed by atoms with van der Waals surface area (Å²) in [6.45, 7) is 3.51. The molecular weight excluding hydrogens is 296 g/mol. The van der Waals surface area contributed by atoms with Gasteiger partial charge in [-0.2, -0.15) is 0 Å². The molecule has 4 nitrogen and oxygen atoms in total. The number of carbonyl (C=O) groups is 1. The first-order valence-electron chi connectivity index (χ1n) is 6.83. The maximum Gasteiger partial charge on any atom is 0.175 e. The molecule has 0 fully saturated rings. The minimum atomic E-state index is 0.0218. The summed E-state index contributed by atoms with van der Waals surface area (Å²) >= 11 is 5.31. The number of Topliss-reactive ketones (excluding diaryl/α,β-unsaturated/α-hetero) is 1. The fraction of sp³-hybridized carbons (Fsp3) is 0.176. The maximum atomic E-state index is 11.4. The van der Waals surface area contributed by atoms with Crippen LogP contribution >= 0.6 is 12.2 Å². The molecule has 0 aliphatic carbocycles. The van der Waals surface area contributed by atoms with Crippen molar-refractivity contribution in [2.75, 3.05) is 17.7 Å². The van der Waals surface area contributed by atoms with E-state index in [0.717, 1.165) is 22.7 Å². The average molecular weight is 314 g/mol. The van der Waals surface area contributed by atoms with Crippen LogP contribution in [0.3, 0.4) is 0 Å². The Morgan fingerprint density at radius 1 is 1.14 bits per heavy atom. The smallest absolute Gasteiger partial charge is 0.175 e. The third-order valence-electron chi connectivity index (χ3n) is 3.21. The molecule has 22 heavy (non-hydrogen) atoms. The summed E-state index contributed by atoms with van der Waals surface area (Å²) < 4.78 is 5.18. The van der Waals surface area contributed by atoms with Crippen LogP contribution in [0.5, 0.6) is 5.75 Å². The third kappa shape index (κ3) is 4.05. The Hall–Kier alpha value is -2.40. The number of methoxy groups -OCH3 is 1. The van der Waals surface area contributed by atoms with Crippen LogP contribution in [-0.2, 0) is 0 Å². The summed E-state index contributed by atoms with van der Waals surface area (Å²) in [5, 5.41) is 6.68. The quantitative estimate of drug-likeness (QED) is 0.659. The van der Waals surface area contributed by atoms with Crippen LogP contribution in [0, 0.1) is 6.92 Å². The Morgan fingerprint density at radius 3 is 2.55 bits per heavy atom. The minimum absolute atomic E-state index is 0.0218. The van der Waals surface area contributed by atoms with Crippen LogP contribution in [0.1, 0.15) is 22.8 Å². The fourth-order valence-electron chi connectivity index (χ4n) is 2.00. The maximum absolute atomic E-state index is 11.4. The van der Waals surface area contributed by atoms with Gasteiger partial charge in [0.25, 0.3) is 0 Å². The summed E-state index contributed by atoms with van der Waals surface area (Å²) in [5.41, 5.74) is 3.35. The number of nitrogens with one attached hydrogen (secondary N) is 2. The molecule has 0 amide bonds. The Kier molecular flexibility index (Phi) is 5.12. The SMILES string of the molecule is COc1ccc(NC(=S)Nc2cccc(C(C)=O)c2)c(C)c1. The van der Waals surface area contributed by atoms with E-state index in [1.807, 2.05) is 37.3 Å². The summed E-state index contributed by atoms with van der Waals surface area (Å²) in [7, 11) is 1.63. The number of hydrogen-bond acceptors (Lipinski definition) is 3. The van der Waals surface area contributed by atoms with E-state index in [1.54, 1.807) is 19.2 Å². The van der Waals surface area contributed by atoms with Crippen molar-refractivity contribution in [2.45, 2.75) is 13.8 Å². The van der Waals surface area contributed by atoms with Crippen LogP contribution in [-0.4, -0.2) is 18.0 Å². The van der Waals surface area contributed by atoms with Crippen LogP contribution in [0.25, 0.3) is 0 Å². The lowest BCUT2D eigenvalue weighted by molar-refractivity contribution is 0.101. The van der Waals surface area contributed by atoms with Crippen molar-refractivity contribution >= 4 is 34.5 Å². The van der Waals surface area contributed by atoms with Gasteiger partial charge >= 0.3 is 0 Å². The Labute approximate surface area is 135 Å². The molecule has 0 spiro atoms. The van der Waals surface area contributed by atoms with E-state index in [9.17, 15) is 4.79 Å². The van der Waals surface area contributed by atoms with Crippen molar-refractivity contribution in [3.63, 3.8) is 0 Å². The first-order chi connectivity index (χ1) is 10.5. The van der Waals surface area contributed by atoms with Crippen molar-refractivity contribution in [3.8, 4) is 5.75 Å². The molecule has 0 heterocycles. The molecule has 0 saturated heterocycles. The number of carbonyl (C=O) groups excluding carboxylic acids is 1. The number of benzene rings is 2. The predicted molar refractivity (Wildman–Crippen MR) is 94.0 cm³/mol. The summed E-state index contributed by atoms with van der Waals surface area (Å²) in [6, 6.07) is 12.9. The number of anilines is 2. The standard InChI is InChI=1S/C17H18N2O2S/c1-11-9-15(21-3)7-8-16(11)19-17(22)18-14-6-4-5-13(10-14)12(2)20/h4-10H,1-3H3,(H2,18,19,22). The predicted octanol–water partition coefficient (Wildman–Crippen LogP) is 4.02. The zero-order chi connectivity index (χ0) is 16.1. The molecule has 5 heteroatoms. The molecular formula is C17H18N2O2S. The van der Waals surface area contributed by atoms with Crippen molar-refractivity contribution in [1.82, 2.24) is 0 Å². The van der Waals surface area contributed by atoms with Gasteiger partial charge in [0, 0.05) is 16.9 Å². The number of ether oxygens (including phenoxy) is 1. The molecule has 0 bridgehead atoms. The van der Waals surface area contributed by atoms with Crippen LogP contribution in [0.2, 0.25) is 0 Å². The molecule has 2 N–H and O–H groups in total. The highest BCUT2D eigenvalue weighted by molar-refractivity contribution is 7.80. The number of ketones is 1. The van der Waals surface area contributed by atoms with Gasteiger partial charge in [0.15, 0.2) is 10.9 Å². The highest BCUT2D eigenvalue weighted by atomic mass is 32.1. The normalized spacial score (nSPS) is 9.95. The van der Waals surface area contributed by atoms with Crippen LogP contribution in [0.4, 0.5) is 11.4 Å². The molecule has 0 aliphatic rings. The number of hydrogen-bond donors (Lipinski definition) is 2. The third-order valence-corrected chi connectivity index (χ3v) is 3.41. The van der Waals surface area contributed by atoms with Crippen molar-refractivity contribution in [3.05, 3.63) is 53.6 Å². The molecule has 0 aliphatic heterocycles. The van der Waals surface area contributed by atoms with Gasteiger partial charge in [0.2, 0.25) is 0 Å². The van der Waals surface area contributed by atoms with Crippen molar-refractivity contribution in [1.29, 1.82) is 0 Å². The van der Waals surface area contributed by atoms with Crippen molar-refractivity contribution in [2.24, 2.45) is 0 Å². The van der Waals surface area contributed by atoms with Gasteiger partial charge in [0.05, 0.1) is 7.11 Å². The average Bonchev–Trinajstić information content (AvgIpc) is 2.49. The second-order valence-electron chi connectivity index (χ2n) is 4.90. The number of thiocarbonyl (C=S) groups is 1. The van der Waals surface area contributed by atoms with E-state index in [-0.39, 0.29) is 5.78 Å². The second kappa shape index (κ2) is 7.04. The highest BCUT2D eigenvalue weighted by Crippen LogP contribution is 2.21. The topological polar surface area (TPSA) is 50.4 Å². The Morgan fingerprint density at radius 2 is 1.91 bits per heavy atom. The van der Waals surface area contributed by atoms with Crippen LogP contribution < -0.4 is 15.4 Å². The first kappa shape index (κ1) is 16.0. The van der Waals surface area contributed by atoms with Gasteiger partial charge in [-0.3, -0.25) is 4.79 Å². The van der Waals surface area contributed by atoms with Gasteiger partial charge in [-0.05, 0) is 62.0 Å². The lowest BCUT2D eigenvalue weighted by atomic mass is 10.1. The summed E-state index contributed by atoms with van der Waals surface area (Å²) in [5.74, 6) is 0.824. The lowest BCUT2D eigenvalue weighted by Gasteiger charge is -2.13. The Bertz CT molecular complexity index is 714. The zero-order valence-corrected chi connectivity index (χ0v) is 13.6. The van der Waals surface area contributed by atoms with E-state index in [1.165, 1.54) is 6.92 Å². The van der Waals surface area contributed by atoms with E-state index in [4.69, 9.17) is 17.0 Å². The molecule has 114 valence electrons. The molecule has 2 rings (SSSR count). The van der Waals surface area contributed by atoms with Gasteiger partial charge in [-0.15, -0.1) is 0 Å². The first-order valence-corrected chi connectivity index (χ1v) is 7.24. The number of rotatable bonds is 4. The van der Waals surface area contributed by atoms with E-state index in [0.29, 0.717) is 10.7 Å². The van der Waals surface area contributed by atoms with E-state index in [2.05, 4.69) is 10.6 Å². The van der Waals surface area contributed by atoms with Gasteiger partial charge in [-0.25, -0.2) is 0 Å². The van der Waals surface area contributed by atoms with E-state index >= 15 is 0 Å². The summed E-state index contributed by atoms with van der Waals surface area (Å²) in [6.07, 6.45) is 0. The highest BCUT2D eigenvalue weighted by Gasteiger charge is 2.05. The largest absolute Gasteiger partial charge is 0.497 e. The molecule has 0 radical (unpaired) electrons. The molecule has 2 aromatic carbocycles. The van der Waals surface area contributed by atoms with Crippen molar-refractivity contribution < 1.29 is 9.53 Å². The zero-order valence-electron chi connectivity index (χ0n) is 12.8.